The summed E-state index contributed by atoms with van der Waals surface area (Å²) < 4.78 is 5.31. The number of carbonyl (C=O) groups is 1. The molecule has 2 N–H and O–H groups in total. The molecule has 0 aromatic heterocycles. The van der Waals surface area contributed by atoms with E-state index in [2.05, 4.69) is 16.7 Å². The maximum atomic E-state index is 11.4. The van der Waals surface area contributed by atoms with Gasteiger partial charge >= 0.3 is 6.03 Å². The van der Waals surface area contributed by atoms with Gasteiger partial charge in [-0.05, 0) is 43.7 Å². The summed E-state index contributed by atoms with van der Waals surface area (Å²) in [6.07, 6.45) is 5.26. The largest absolute Gasteiger partial charge is 0.496 e. The summed E-state index contributed by atoms with van der Waals surface area (Å²) in [4.78, 5) is 11.4. The van der Waals surface area contributed by atoms with Crippen molar-refractivity contribution in [2.75, 3.05) is 13.7 Å². The van der Waals surface area contributed by atoms with Crippen molar-refractivity contribution in [1.29, 1.82) is 0 Å². The molecular formula is C15H22N2O2. The van der Waals surface area contributed by atoms with Gasteiger partial charge in [0.1, 0.15) is 5.75 Å². The van der Waals surface area contributed by atoms with Gasteiger partial charge in [0.15, 0.2) is 0 Å². The molecule has 1 aromatic carbocycles. The van der Waals surface area contributed by atoms with Gasteiger partial charge in [-0.1, -0.05) is 18.2 Å². The van der Waals surface area contributed by atoms with Crippen molar-refractivity contribution in [2.24, 2.45) is 0 Å². The van der Waals surface area contributed by atoms with Gasteiger partial charge in [0.25, 0.3) is 0 Å². The van der Waals surface area contributed by atoms with Crippen LogP contribution in [0.4, 0.5) is 4.79 Å². The first-order valence-corrected chi connectivity index (χ1v) is 6.96. The zero-order valence-corrected chi connectivity index (χ0v) is 11.4. The fourth-order valence-electron chi connectivity index (χ4n) is 2.02. The van der Waals surface area contributed by atoms with E-state index in [-0.39, 0.29) is 6.03 Å². The van der Waals surface area contributed by atoms with Crippen LogP contribution in [0.15, 0.2) is 24.3 Å². The van der Waals surface area contributed by atoms with Crippen molar-refractivity contribution >= 4 is 6.03 Å². The molecular weight excluding hydrogens is 240 g/mol. The number of aryl methyl sites for hydroxylation is 1. The molecule has 0 saturated heterocycles. The second-order valence-electron chi connectivity index (χ2n) is 4.94. The lowest BCUT2D eigenvalue weighted by Crippen LogP contribution is -2.37. The molecule has 1 aromatic rings. The standard InChI is InChI=1S/C15H22N2O2/c1-19-14-8-3-2-6-12(14)7-4-5-11-16-15(18)17-13-9-10-13/h2-3,6,8,13H,4-5,7,9-11H2,1H3,(H2,16,17,18). The third-order valence-corrected chi connectivity index (χ3v) is 3.26. The molecule has 1 aliphatic carbocycles. The molecule has 0 atom stereocenters. The molecule has 0 spiro atoms. The van der Waals surface area contributed by atoms with Crippen LogP contribution in [0.5, 0.6) is 5.75 Å². The van der Waals surface area contributed by atoms with Gasteiger partial charge in [-0.3, -0.25) is 0 Å². The van der Waals surface area contributed by atoms with E-state index in [1.807, 2.05) is 18.2 Å². The summed E-state index contributed by atoms with van der Waals surface area (Å²) in [6.45, 7) is 0.730. The molecule has 0 unspecified atom stereocenters. The minimum atomic E-state index is -0.0280. The first-order valence-electron chi connectivity index (χ1n) is 6.96. The highest BCUT2D eigenvalue weighted by Crippen LogP contribution is 2.19. The summed E-state index contributed by atoms with van der Waals surface area (Å²) in [6, 6.07) is 8.47. The first kappa shape index (κ1) is 13.7. The highest BCUT2D eigenvalue weighted by Gasteiger charge is 2.22. The number of unbranched alkanes of at least 4 members (excludes halogenated alkanes) is 1. The normalized spacial score (nSPS) is 13.9. The second kappa shape index (κ2) is 7.02. The van der Waals surface area contributed by atoms with Crippen LogP contribution in [0.25, 0.3) is 0 Å². The van der Waals surface area contributed by atoms with Crippen molar-refractivity contribution < 1.29 is 9.53 Å². The van der Waals surface area contributed by atoms with Crippen LogP contribution in [-0.2, 0) is 6.42 Å². The van der Waals surface area contributed by atoms with Gasteiger partial charge < -0.3 is 15.4 Å². The molecule has 2 rings (SSSR count). The van der Waals surface area contributed by atoms with Gasteiger partial charge in [-0.2, -0.15) is 0 Å². The molecule has 19 heavy (non-hydrogen) atoms. The highest BCUT2D eigenvalue weighted by molar-refractivity contribution is 5.74. The molecule has 0 heterocycles. The summed E-state index contributed by atoms with van der Waals surface area (Å²) in [7, 11) is 1.70. The van der Waals surface area contributed by atoms with Gasteiger partial charge in [-0.15, -0.1) is 0 Å². The van der Waals surface area contributed by atoms with Crippen LogP contribution in [-0.4, -0.2) is 25.7 Å². The first-order chi connectivity index (χ1) is 9.29. The van der Waals surface area contributed by atoms with Gasteiger partial charge in [0.05, 0.1) is 7.11 Å². The number of hydrogen-bond acceptors (Lipinski definition) is 2. The SMILES string of the molecule is COc1ccccc1CCCCNC(=O)NC1CC1. The fourth-order valence-corrected chi connectivity index (χ4v) is 2.02. The van der Waals surface area contributed by atoms with E-state index in [9.17, 15) is 4.79 Å². The van der Waals surface area contributed by atoms with E-state index in [0.717, 1.165) is 44.4 Å². The highest BCUT2D eigenvalue weighted by atomic mass is 16.5. The molecule has 4 nitrogen and oxygen atoms in total. The lowest BCUT2D eigenvalue weighted by atomic mass is 10.1. The molecule has 2 amide bonds. The van der Waals surface area contributed by atoms with Crippen LogP contribution in [0, 0.1) is 0 Å². The number of methoxy groups -OCH3 is 1. The number of carbonyl (C=O) groups excluding carboxylic acids is 1. The minimum Gasteiger partial charge on any atom is -0.496 e. The van der Waals surface area contributed by atoms with E-state index in [4.69, 9.17) is 4.74 Å². The molecule has 1 saturated carbocycles. The number of nitrogens with one attached hydrogen (secondary N) is 2. The topological polar surface area (TPSA) is 50.4 Å². The smallest absolute Gasteiger partial charge is 0.315 e. The van der Waals surface area contributed by atoms with E-state index in [1.54, 1.807) is 7.11 Å². The predicted molar refractivity (Wildman–Crippen MR) is 75.5 cm³/mol. The predicted octanol–water partition coefficient (Wildman–Crippen LogP) is 2.48. The van der Waals surface area contributed by atoms with Crippen LogP contribution in [0.1, 0.15) is 31.2 Å². The van der Waals surface area contributed by atoms with E-state index < -0.39 is 0 Å². The van der Waals surface area contributed by atoms with Gasteiger partial charge in [0, 0.05) is 12.6 Å². The Morgan fingerprint density at radius 2 is 2.11 bits per heavy atom. The Balaban J connectivity index is 1.59. The Kier molecular flexibility index (Phi) is 5.07. The third kappa shape index (κ3) is 4.81. The third-order valence-electron chi connectivity index (χ3n) is 3.26. The van der Waals surface area contributed by atoms with Gasteiger partial charge in [-0.25, -0.2) is 4.79 Å². The van der Waals surface area contributed by atoms with E-state index >= 15 is 0 Å². The van der Waals surface area contributed by atoms with E-state index in [0.29, 0.717) is 6.04 Å². The van der Waals surface area contributed by atoms with Crippen molar-refractivity contribution in [2.45, 2.75) is 38.1 Å². The lowest BCUT2D eigenvalue weighted by Gasteiger charge is -2.08. The minimum absolute atomic E-state index is 0.0280. The quantitative estimate of drug-likeness (QED) is 0.742. The van der Waals surface area contributed by atoms with Crippen LogP contribution in [0.2, 0.25) is 0 Å². The van der Waals surface area contributed by atoms with Crippen LogP contribution in [0.3, 0.4) is 0 Å². The number of rotatable bonds is 7. The number of ether oxygens (including phenoxy) is 1. The Bertz CT molecular complexity index is 416. The maximum Gasteiger partial charge on any atom is 0.315 e. The number of urea groups is 1. The van der Waals surface area contributed by atoms with Crippen molar-refractivity contribution in [3.8, 4) is 5.75 Å². The Labute approximate surface area is 114 Å². The maximum absolute atomic E-state index is 11.4. The molecule has 0 aliphatic heterocycles. The number of benzene rings is 1. The van der Waals surface area contributed by atoms with Crippen molar-refractivity contribution in [3.05, 3.63) is 29.8 Å². The van der Waals surface area contributed by atoms with Crippen molar-refractivity contribution in [1.82, 2.24) is 10.6 Å². The fraction of sp³-hybridized carbons (Fsp3) is 0.533. The second-order valence-corrected chi connectivity index (χ2v) is 4.94. The average molecular weight is 262 g/mol. The molecule has 104 valence electrons. The number of hydrogen-bond donors (Lipinski definition) is 2. The molecule has 1 aliphatic rings. The average Bonchev–Trinajstić information content (AvgIpc) is 3.22. The van der Waals surface area contributed by atoms with Crippen LogP contribution < -0.4 is 15.4 Å². The molecule has 0 radical (unpaired) electrons. The van der Waals surface area contributed by atoms with Crippen molar-refractivity contribution in [3.63, 3.8) is 0 Å². The monoisotopic (exact) mass is 262 g/mol. The van der Waals surface area contributed by atoms with Gasteiger partial charge in [0.2, 0.25) is 0 Å². The lowest BCUT2D eigenvalue weighted by molar-refractivity contribution is 0.240. The summed E-state index contributed by atoms with van der Waals surface area (Å²) in [5.41, 5.74) is 1.23. The summed E-state index contributed by atoms with van der Waals surface area (Å²) >= 11 is 0. The van der Waals surface area contributed by atoms with E-state index in [1.165, 1.54) is 5.56 Å². The number of amides is 2. The summed E-state index contributed by atoms with van der Waals surface area (Å²) in [5, 5.41) is 5.80. The molecule has 0 bridgehead atoms. The molecule has 1 fully saturated rings. The zero-order chi connectivity index (χ0) is 13.5. The Hall–Kier alpha value is -1.71. The van der Waals surface area contributed by atoms with Crippen LogP contribution >= 0.6 is 0 Å². The number of para-hydroxylation sites is 1. The Morgan fingerprint density at radius 3 is 2.84 bits per heavy atom. The summed E-state index contributed by atoms with van der Waals surface area (Å²) in [5.74, 6) is 0.946. The Morgan fingerprint density at radius 1 is 1.32 bits per heavy atom. The zero-order valence-electron chi connectivity index (χ0n) is 11.4. The molecule has 4 heteroatoms.